The lowest BCUT2D eigenvalue weighted by atomic mass is 10.3. The van der Waals surface area contributed by atoms with E-state index in [1.54, 1.807) is 6.20 Å². The zero-order valence-corrected chi connectivity index (χ0v) is 13.4. The summed E-state index contributed by atoms with van der Waals surface area (Å²) in [7, 11) is 0. The van der Waals surface area contributed by atoms with Gasteiger partial charge in [-0.05, 0) is 18.2 Å². The molecule has 0 unspecified atom stereocenters. The summed E-state index contributed by atoms with van der Waals surface area (Å²) in [5.74, 6) is 1.89. The molecule has 0 bridgehead atoms. The maximum absolute atomic E-state index is 11.9. The van der Waals surface area contributed by atoms with Gasteiger partial charge < -0.3 is 19.7 Å². The second kappa shape index (κ2) is 8.26. The van der Waals surface area contributed by atoms with Crippen LogP contribution in [0.4, 0.5) is 5.82 Å². The molecule has 7 heteroatoms. The smallest absolute Gasteiger partial charge is 0.258 e. The number of hydrogen-bond acceptors (Lipinski definition) is 6. The van der Waals surface area contributed by atoms with Crippen molar-refractivity contribution in [2.24, 2.45) is 0 Å². The number of nitrogens with zero attached hydrogens (tertiary/aromatic N) is 3. The predicted molar refractivity (Wildman–Crippen MR) is 88.8 cm³/mol. The van der Waals surface area contributed by atoms with E-state index in [-0.39, 0.29) is 19.1 Å². The van der Waals surface area contributed by atoms with Gasteiger partial charge >= 0.3 is 0 Å². The van der Waals surface area contributed by atoms with E-state index in [4.69, 9.17) is 9.47 Å². The standard InChI is InChI=1S/C17H20N4O3/c22-17(13-24-14-4-2-1-3-5-14)19-12-15-18-7-6-16(20-15)21-8-10-23-11-9-21/h1-7H,8-13H2,(H,19,22). The summed E-state index contributed by atoms with van der Waals surface area (Å²) in [5, 5.41) is 2.77. The number of aromatic nitrogens is 2. The summed E-state index contributed by atoms with van der Waals surface area (Å²) < 4.78 is 10.7. The zero-order valence-electron chi connectivity index (χ0n) is 13.4. The van der Waals surface area contributed by atoms with Crippen molar-refractivity contribution in [1.82, 2.24) is 15.3 Å². The summed E-state index contributed by atoms with van der Waals surface area (Å²) in [5.41, 5.74) is 0. The van der Waals surface area contributed by atoms with Gasteiger partial charge in [-0.15, -0.1) is 0 Å². The van der Waals surface area contributed by atoms with Gasteiger partial charge in [-0.1, -0.05) is 18.2 Å². The van der Waals surface area contributed by atoms with Crippen molar-refractivity contribution in [2.75, 3.05) is 37.8 Å². The average Bonchev–Trinajstić information content (AvgIpc) is 2.66. The molecule has 0 atom stereocenters. The Kier molecular flexibility index (Phi) is 5.57. The molecule has 1 saturated heterocycles. The number of morpholine rings is 1. The zero-order chi connectivity index (χ0) is 16.6. The molecular formula is C17H20N4O3. The van der Waals surface area contributed by atoms with Crippen molar-refractivity contribution in [2.45, 2.75) is 6.54 Å². The van der Waals surface area contributed by atoms with Crippen LogP contribution in [0, 0.1) is 0 Å². The summed E-state index contributed by atoms with van der Waals surface area (Å²) >= 11 is 0. The first-order chi connectivity index (χ1) is 11.8. The molecule has 2 aromatic rings. The van der Waals surface area contributed by atoms with Crippen LogP contribution < -0.4 is 15.0 Å². The minimum absolute atomic E-state index is 0.0346. The van der Waals surface area contributed by atoms with Gasteiger partial charge in [0, 0.05) is 19.3 Å². The summed E-state index contributed by atoms with van der Waals surface area (Å²) in [6.07, 6.45) is 1.71. The summed E-state index contributed by atoms with van der Waals surface area (Å²) in [6, 6.07) is 11.1. The molecule has 7 nitrogen and oxygen atoms in total. The molecular weight excluding hydrogens is 308 g/mol. The number of carbonyl (C=O) groups is 1. The molecule has 1 aromatic carbocycles. The monoisotopic (exact) mass is 328 g/mol. The molecule has 1 fully saturated rings. The summed E-state index contributed by atoms with van der Waals surface area (Å²) in [4.78, 5) is 22.7. The largest absolute Gasteiger partial charge is 0.484 e. The number of amides is 1. The number of rotatable bonds is 6. The van der Waals surface area contributed by atoms with Crippen LogP contribution >= 0.6 is 0 Å². The fraction of sp³-hybridized carbons (Fsp3) is 0.353. The fourth-order valence-electron chi connectivity index (χ4n) is 2.34. The highest BCUT2D eigenvalue weighted by atomic mass is 16.5. The van der Waals surface area contributed by atoms with Gasteiger partial charge in [0.1, 0.15) is 17.4 Å². The highest BCUT2D eigenvalue weighted by Crippen LogP contribution is 2.12. The quantitative estimate of drug-likeness (QED) is 0.853. The third-order valence-electron chi connectivity index (χ3n) is 3.58. The molecule has 1 N–H and O–H groups in total. The number of ether oxygens (including phenoxy) is 2. The Bertz CT molecular complexity index is 660. The van der Waals surface area contributed by atoms with Crippen LogP contribution in [0.5, 0.6) is 5.75 Å². The molecule has 2 heterocycles. The third kappa shape index (κ3) is 4.66. The van der Waals surface area contributed by atoms with E-state index in [2.05, 4.69) is 20.2 Å². The van der Waals surface area contributed by atoms with Gasteiger partial charge in [-0.3, -0.25) is 4.79 Å². The molecule has 1 aliphatic heterocycles. The second-order valence-corrected chi connectivity index (χ2v) is 5.31. The highest BCUT2D eigenvalue weighted by molar-refractivity contribution is 5.77. The first-order valence-electron chi connectivity index (χ1n) is 7.90. The Balaban J connectivity index is 1.48. The second-order valence-electron chi connectivity index (χ2n) is 5.31. The van der Waals surface area contributed by atoms with Gasteiger partial charge in [-0.25, -0.2) is 9.97 Å². The van der Waals surface area contributed by atoms with Gasteiger partial charge in [0.05, 0.1) is 19.8 Å². The van der Waals surface area contributed by atoms with Crippen molar-refractivity contribution < 1.29 is 14.3 Å². The minimum atomic E-state index is -0.209. The van der Waals surface area contributed by atoms with Crippen LogP contribution in [0.1, 0.15) is 5.82 Å². The molecule has 0 aliphatic carbocycles. The number of nitrogens with one attached hydrogen (secondary N) is 1. The van der Waals surface area contributed by atoms with Crippen LogP contribution in [0.15, 0.2) is 42.6 Å². The first kappa shape index (κ1) is 16.2. The fourth-order valence-corrected chi connectivity index (χ4v) is 2.34. The number of para-hydroxylation sites is 1. The minimum Gasteiger partial charge on any atom is -0.484 e. The number of anilines is 1. The number of benzene rings is 1. The molecule has 24 heavy (non-hydrogen) atoms. The van der Waals surface area contributed by atoms with Crippen LogP contribution in [0.3, 0.4) is 0 Å². The Morgan fingerprint density at radius 3 is 2.79 bits per heavy atom. The van der Waals surface area contributed by atoms with Crippen LogP contribution in [0.25, 0.3) is 0 Å². The molecule has 1 aromatic heterocycles. The van der Waals surface area contributed by atoms with Gasteiger partial charge in [0.15, 0.2) is 6.61 Å². The van der Waals surface area contributed by atoms with Crippen molar-refractivity contribution in [3.8, 4) is 5.75 Å². The Labute approximate surface area is 140 Å². The molecule has 0 radical (unpaired) electrons. The van der Waals surface area contributed by atoms with E-state index in [9.17, 15) is 4.79 Å². The van der Waals surface area contributed by atoms with Crippen LogP contribution in [0.2, 0.25) is 0 Å². The number of carbonyl (C=O) groups excluding carboxylic acids is 1. The topological polar surface area (TPSA) is 76.6 Å². The first-order valence-corrected chi connectivity index (χ1v) is 7.90. The Morgan fingerprint density at radius 1 is 1.21 bits per heavy atom. The maximum atomic E-state index is 11.9. The van der Waals surface area contributed by atoms with E-state index in [1.807, 2.05) is 36.4 Å². The van der Waals surface area contributed by atoms with Crippen molar-refractivity contribution in [3.63, 3.8) is 0 Å². The van der Waals surface area contributed by atoms with E-state index >= 15 is 0 Å². The van der Waals surface area contributed by atoms with E-state index in [1.165, 1.54) is 0 Å². The molecule has 0 saturated carbocycles. The van der Waals surface area contributed by atoms with Crippen molar-refractivity contribution in [3.05, 3.63) is 48.4 Å². The van der Waals surface area contributed by atoms with Crippen LogP contribution in [-0.2, 0) is 16.1 Å². The normalized spacial score (nSPS) is 14.2. The van der Waals surface area contributed by atoms with Gasteiger partial charge in [-0.2, -0.15) is 0 Å². The third-order valence-corrected chi connectivity index (χ3v) is 3.58. The van der Waals surface area contributed by atoms with Crippen molar-refractivity contribution in [1.29, 1.82) is 0 Å². The lowest BCUT2D eigenvalue weighted by Gasteiger charge is -2.27. The molecule has 3 rings (SSSR count). The SMILES string of the molecule is O=C(COc1ccccc1)NCc1nccc(N2CCOCC2)n1. The van der Waals surface area contributed by atoms with E-state index in [0.717, 1.165) is 18.9 Å². The van der Waals surface area contributed by atoms with Gasteiger partial charge in [0.25, 0.3) is 5.91 Å². The highest BCUT2D eigenvalue weighted by Gasteiger charge is 2.13. The van der Waals surface area contributed by atoms with Gasteiger partial charge in [0.2, 0.25) is 0 Å². The Morgan fingerprint density at radius 2 is 2.00 bits per heavy atom. The van der Waals surface area contributed by atoms with Crippen LogP contribution in [-0.4, -0.2) is 48.8 Å². The molecule has 1 aliphatic rings. The van der Waals surface area contributed by atoms with E-state index in [0.29, 0.717) is 24.8 Å². The van der Waals surface area contributed by atoms with E-state index < -0.39 is 0 Å². The average molecular weight is 328 g/mol. The van der Waals surface area contributed by atoms with Crippen molar-refractivity contribution >= 4 is 11.7 Å². The lowest BCUT2D eigenvalue weighted by molar-refractivity contribution is -0.123. The molecule has 0 spiro atoms. The maximum Gasteiger partial charge on any atom is 0.258 e. The number of hydrogen-bond donors (Lipinski definition) is 1. The molecule has 1 amide bonds. The Hall–Kier alpha value is -2.67. The molecule has 126 valence electrons. The predicted octanol–water partition coefficient (Wildman–Crippen LogP) is 1.01. The summed E-state index contributed by atoms with van der Waals surface area (Å²) in [6.45, 7) is 3.27. The lowest BCUT2D eigenvalue weighted by Crippen LogP contribution is -2.37.